The molecule has 0 spiro atoms. The standard InChI is InChI=1S/C21H22BrN3O6/c1-10-23-15-7-2-11(22)8-14(15)21(30)25(10)13-5-3-12(4-6-13)24-20-19(29)18(28)17(27)16(9-26)31-20/h2-8,16-20,24,26-29H,9H2,1H3/t16-,17+,18+,19+,20-/m0/s1. The van der Waals surface area contributed by atoms with Gasteiger partial charge in [0.1, 0.15) is 30.2 Å². The van der Waals surface area contributed by atoms with E-state index in [1.54, 1.807) is 43.3 Å². The lowest BCUT2D eigenvalue weighted by atomic mass is 9.98. The van der Waals surface area contributed by atoms with Gasteiger partial charge in [0.25, 0.3) is 5.56 Å². The Kier molecular flexibility index (Phi) is 6.11. The fourth-order valence-electron chi connectivity index (χ4n) is 3.66. The molecule has 0 amide bonds. The average molecular weight is 492 g/mol. The van der Waals surface area contributed by atoms with Crippen LogP contribution in [0.4, 0.5) is 5.69 Å². The van der Waals surface area contributed by atoms with Crippen molar-refractivity contribution in [3.63, 3.8) is 0 Å². The van der Waals surface area contributed by atoms with Gasteiger partial charge in [0, 0.05) is 10.2 Å². The lowest BCUT2D eigenvalue weighted by Gasteiger charge is -2.40. The van der Waals surface area contributed by atoms with E-state index in [1.165, 1.54) is 4.57 Å². The van der Waals surface area contributed by atoms with Gasteiger partial charge in [0.05, 0.1) is 23.2 Å². The number of nitrogens with zero attached hydrogens (tertiary/aromatic N) is 2. The van der Waals surface area contributed by atoms with Crippen molar-refractivity contribution in [1.29, 1.82) is 0 Å². The van der Waals surface area contributed by atoms with Crippen LogP contribution in [0.15, 0.2) is 51.7 Å². The second kappa shape index (κ2) is 8.65. The van der Waals surface area contributed by atoms with Crippen LogP contribution in [-0.4, -0.2) is 67.2 Å². The molecule has 1 fully saturated rings. The quantitative estimate of drug-likeness (QED) is 0.359. The van der Waals surface area contributed by atoms with Gasteiger partial charge in [-0.3, -0.25) is 9.36 Å². The van der Waals surface area contributed by atoms with Gasteiger partial charge in [0.15, 0.2) is 6.23 Å². The molecule has 1 aliphatic heterocycles. The molecule has 9 nitrogen and oxygen atoms in total. The van der Waals surface area contributed by atoms with Crippen LogP contribution >= 0.6 is 15.9 Å². The summed E-state index contributed by atoms with van der Waals surface area (Å²) in [5, 5.41) is 42.7. The number of hydrogen-bond donors (Lipinski definition) is 5. The molecule has 1 aliphatic rings. The van der Waals surface area contributed by atoms with Crippen molar-refractivity contribution in [2.45, 2.75) is 37.6 Å². The third-order valence-corrected chi connectivity index (χ3v) is 5.82. The highest BCUT2D eigenvalue weighted by Crippen LogP contribution is 2.24. The first-order valence-corrected chi connectivity index (χ1v) is 10.5. The highest BCUT2D eigenvalue weighted by molar-refractivity contribution is 9.10. The molecule has 1 saturated heterocycles. The number of halogens is 1. The van der Waals surface area contributed by atoms with Gasteiger partial charge >= 0.3 is 0 Å². The normalized spacial score (nSPS) is 26.2. The molecule has 0 bridgehead atoms. The molecule has 5 atom stereocenters. The number of ether oxygens (including phenoxy) is 1. The Hall–Kier alpha value is -2.34. The third-order valence-electron chi connectivity index (χ3n) is 5.32. The number of hydrogen-bond acceptors (Lipinski definition) is 8. The van der Waals surface area contributed by atoms with Gasteiger partial charge in [-0.1, -0.05) is 15.9 Å². The number of aliphatic hydroxyl groups excluding tert-OH is 4. The van der Waals surface area contributed by atoms with Crippen molar-refractivity contribution in [2.24, 2.45) is 0 Å². The lowest BCUT2D eigenvalue weighted by molar-refractivity contribution is -0.221. The van der Waals surface area contributed by atoms with Crippen LogP contribution in [0.1, 0.15) is 5.82 Å². The Balaban J connectivity index is 1.61. The minimum absolute atomic E-state index is 0.196. The summed E-state index contributed by atoms with van der Waals surface area (Å²) in [6.45, 7) is 1.25. The molecule has 0 saturated carbocycles. The van der Waals surface area contributed by atoms with E-state index in [2.05, 4.69) is 26.2 Å². The number of benzene rings is 2. The molecule has 4 rings (SSSR count). The van der Waals surface area contributed by atoms with Crippen LogP contribution in [0, 0.1) is 6.92 Å². The Morgan fingerprint density at radius 1 is 1.10 bits per heavy atom. The van der Waals surface area contributed by atoms with E-state index in [0.717, 1.165) is 4.47 Å². The predicted molar refractivity (Wildman–Crippen MR) is 117 cm³/mol. The second-order valence-electron chi connectivity index (χ2n) is 7.40. The minimum Gasteiger partial charge on any atom is -0.394 e. The number of anilines is 1. The van der Waals surface area contributed by atoms with E-state index in [0.29, 0.717) is 28.1 Å². The smallest absolute Gasteiger partial charge is 0.265 e. The van der Waals surface area contributed by atoms with Crippen LogP contribution in [0.3, 0.4) is 0 Å². The topological polar surface area (TPSA) is 137 Å². The largest absolute Gasteiger partial charge is 0.394 e. The van der Waals surface area contributed by atoms with Crippen LogP contribution in [-0.2, 0) is 4.74 Å². The molecule has 5 N–H and O–H groups in total. The zero-order valence-corrected chi connectivity index (χ0v) is 18.1. The number of aryl methyl sites for hydroxylation is 1. The minimum atomic E-state index is -1.47. The van der Waals surface area contributed by atoms with E-state index in [-0.39, 0.29) is 5.56 Å². The summed E-state index contributed by atoms with van der Waals surface area (Å²) in [5.74, 6) is 0.537. The van der Waals surface area contributed by atoms with E-state index in [4.69, 9.17) is 4.74 Å². The molecule has 3 aromatic rings. The van der Waals surface area contributed by atoms with E-state index >= 15 is 0 Å². The Morgan fingerprint density at radius 2 is 1.81 bits per heavy atom. The molecular formula is C21H22BrN3O6. The van der Waals surface area contributed by atoms with Crippen molar-refractivity contribution >= 4 is 32.5 Å². The van der Waals surface area contributed by atoms with Crippen LogP contribution in [0.25, 0.3) is 16.6 Å². The van der Waals surface area contributed by atoms with Gasteiger partial charge in [-0.2, -0.15) is 0 Å². The summed E-state index contributed by atoms with van der Waals surface area (Å²) in [6, 6.07) is 12.2. The molecule has 10 heteroatoms. The Bertz CT molecular complexity index is 1150. The van der Waals surface area contributed by atoms with Crippen molar-refractivity contribution in [3.05, 3.63) is 63.1 Å². The maximum atomic E-state index is 13.0. The van der Waals surface area contributed by atoms with Gasteiger partial charge in [-0.25, -0.2) is 4.98 Å². The second-order valence-corrected chi connectivity index (χ2v) is 8.32. The van der Waals surface area contributed by atoms with E-state index < -0.39 is 37.3 Å². The Morgan fingerprint density at radius 3 is 2.48 bits per heavy atom. The maximum absolute atomic E-state index is 13.0. The van der Waals surface area contributed by atoms with Crippen LogP contribution < -0.4 is 10.9 Å². The maximum Gasteiger partial charge on any atom is 0.265 e. The molecule has 164 valence electrons. The van der Waals surface area contributed by atoms with Crippen LogP contribution in [0.2, 0.25) is 0 Å². The van der Waals surface area contributed by atoms with E-state index in [1.807, 2.05) is 6.07 Å². The zero-order chi connectivity index (χ0) is 22.3. The molecule has 1 aromatic heterocycles. The molecule has 0 radical (unpaired) electrons. The van der Waals surface area contributed by atoms with Gasteiger partial charge < -0.3 is 30.5 Å². The lowest BCUT2D eigenvalue weighted by Crippen LogP contribution is -2.60. The summed E-state index contributed by atoms with van der Waals surface area (Å²) in [6.07, 6.45) is -6.32. The SMILES string of the molecule is Cc1nc2ccc(Br)cc2c(=O)n1-c1ccc(N[C@H]2O[C@@H](CO)[C@@H](O)[C@@H](O)[C@H]2O)cc1. The van der Waals surface area contributed by atoms with Crippen LogP contribution in [0.5, 0.6) is 0 Å². The summed E-state index contributed by atoms with van der Waals surface area (Å²) in [4.78, 5) is 17.6. The molecule has 2 heterocycles. The first-order valence-electron chi connectivity index (χ1n) is 9.66. The van der Waals surface area contributed by atoms with Gasteiger partial charge in [0.2, 0.25) is 0 Å². The number of aromatic nitrogens is 2. The monoisotopic (exact) mass is 491 g/mol. The fraction of sp³-hybridized carbons (Fsp3) is 0.333. The predicted octanol–water partition coefficient (Wildman–Crippen LogP) is 0.668. The summed E-state index contributed by atoms with van der Waals surface area (Å²) < 4.78 is 7.75. The summed E-state index contributed by atoms with van der Waals surface area (Å²) in [5.41, 5.74) is 1.58. The first kappa shape index (κ1) is 21.9. The highest BCUT2D eigenvalue weighted by atomic mass is 79.9. The zero-order valence-electron chi connectivity index (χ0n) is 16.5. The number of aliphatic hydroxyl groups is 4. The van der Waals surface area contributed by atoms with E-state index in [9.17, 15) is 25.2 Å². The molecule has 0 aliphatic carbocycles. The fourth-order valence-corrected chi connectivity index (χ4v) is 4.03. The van der Waals surface area contributed by atoms with Crippen molar-refractivity contribution < 1.29 is 25.2 Å². The van der Waals surface area contributed by atoms with Gasteiger partial charge in [-0.15, -0.1) is 0 Å². The first-order chi connectivity index (χ1) is 14.8. The molecule has 0 unspecified atom stereocenters. The number of fused-ring (bicyclic) bond motifs is 1. The van der Waals surface area contributed by atoms with Crippen molar-refractivity contribution in [2.75, 3.05) is 11.9 Å². The van der Waals surface area contributed by atoms with Gasteiger partial charge in [-0.05, 0) is 49.4 Å². The summed E-state index contributed by atoms with van der Waals surface area (Å²) >= 11 is 3.38. The number of rotatable bonds is 4. The molecule has 31 heavy (non-hydrogen) atoms. The Labute approximate surface area is 185 Å². The van der Waals surface area contributed by atoms with Crippen molar-refractivity contribution in [1.82, 2.24) is 9.55 Å². The van der Waals surface area contributed by atoms with Crippen molar-refractivity contribution in [3.8, 4) is 5.69 Å². The molecular weight excluding hydrogens is 470 g/mol. The molecule has 2 aromatic carbocycles. The average Bonchev–Trinajstić information content (AvgIpc) is 2.76. The third kappa shape index (κ3) is 4.10. The summed E-state index contributed by atoms with van der Waals surface area (Å²) in [7, 11) is 0. The highest BCUT2D eigenvalue weighted by Gasteiger charge is 2.43. The number of nitrogens with one attached hydrogen (secondary N) is 1.